The Labute approximate surface area is 231 Å². The monoisotopic (exact) mass is 550 g/mol. The standard InChI is InChI=1S/C29H34N4O5S/c1-20-17-26(27(30-19-34)18-25(20)29(35)37-5)21(2)28(22-9-7-6-8-10-22)31-23-11-13-24(14-12-23)39(36)32-38-16-15-33(3)4/h6-14,17-19,31-32H,15-16H2,1-5H3,(H,30,34)/b28-21+. The third-order valence-corrected chi connectivity index (χ3v) is 6.91. The summed E-state index contributed by atoms with van der Waals surface area (Å²) in [4.78, 5) is 34.1. The molecule has 39 heavy (non-hydrogen) atoms. The Bertz CT molecular complexity index is 1340. The van der Waals surface area contributed by atoms with Crippen LogP contribution in [0.5, 0.6) is 0 Å². The maximum absolute atomic E-state index is 12.5. The highest BCUT2D eigenvalue weighted by Gasteiger charge is 2.18. The first-order valence-electron chi connectivity index (χ1n) is 12.3. The fourth-order valence-corrected chi connectivity index (χ4v) is 4.50. The normalized spacial score (nSPS) is 12.5. The minimum Gasteiger partial charge on any atom is -0.465 e. The molecule has 0 aromatic heterocycles. The molecule has 0 saturated carbocycles. The van der Waals surface area contributed by atoms with Crippen molar-refractivity contribution in [2.45, 2.75) is 18.7 Å². The second-order valence-electron chi connectivity index (χ2n) is 8.99. The summed E-state index contributed by atoms with van der Waals surface area (Å²) in [7, 11) is 3.67. The molecule has 0 aliphatic carbocycles. The van der Waals surface area contributed by atoms with E-state index in [9.17, 15) is 13.8 Å². The summed E-state index contributed by atoms with van der Waals surface area (Å²) >= 11 is 0. The van der Waals surface area contributed by atoms with Gasteiger partial charge in [0.15, 0.2) is 0 Å². The molecule has 1 amide bonds. The third-order valence-electron chi connectivity index (χ3n) is 5.94. The number of methoxy groups -OCH3 is 1. The van der Waals surface area contributed by atoms with Crippen LogP contribution in [-0.4, -0.2) is 55.8 Å². The lowest BCUT2D eigenvalue weighted by Crippen LogP contribution is -2.24. The maximum Gasteiger partial charge on any atom is 0.338 e. The number of hydrogen-bond donors (Lipinski definition) is 3. The van der Waals surface area contributed by atoms with E-state index in [0.717, 1.165) is 28.1 Å². The number of hydrogen-bond acceptors (Lipinski definition) is 7. The van der Waals surface area contributed by atoms with Gasteiger partial charge in [-0.2, -0.15) is 0 Å². The number of ether oxygens (including phenoxy) is 1. The highest BCUT2D eigenvalue weighted by atomic mass is 32.2. The first kappa shape index (κ1) is 29.7. The smallest absolute Gasteiger partial charge is 0.338 e. The molecule has 1 atom stereocenters. The zero-order valence-corrected chi connectivity index (χ0v) is 23.6. The van der Waals surface area contributed by atoms with Crippen LogP contribution >= 0.6 is 0 Å². The Balaban J connectivity index is 1.96. The molecule has 3 aromatic carbocycles. The number of amides is 1. The number of nitrogens with one attached hydrogen (secondary N) is 3. The van der Waals surface area contributed by atoms with Crippen molar-refractivity contribution < 1.29 is 23.4 Å². The molecular weight excluding hydrogens is 516 g/mol. The van der Waals surface area contributed by atoms with E-state index in [4.69, 9.17) is 9.57 Å². The van der Waals surface area contributed by atoms with Gasteiger partial charge in [-0.25, -0.2) is 9.00 Å². The second-order valence-corrected chi connectivity index (χ2v) is 10.2. The molecule has 3 aromatic rings. The zero-order valence-electron chi connectivity index (χ0n) is 22.7. The average Bonchev–Trinajstić information content (AvgIpc) is 2.94. The van der Waals surface area contributed by atoms with Gasteiger partial charge in [-0.05, 0) is 81.0 Å². The van der Waals surface area contributed by atoms with Crippen LogP contribution in [0.2, 0.25) is 0 Å². The fraction of sp³-hybridized carbons (Fsp3) is 0.241. The van der Waals surface area contributed by atoms with Crippen LogP contribution < -0.4 is 15.5 Å². The van der Waals surface area contributed by atoms with Crippen molar-refractivity contribution in [1.29, 1.82) is 0 Å². The molecule has 0 spiro atoms. The summed E-state index contributed by atoms with van der Waals surface area (Å²) < 4.78 is 17.4. The van der Waals surface area contributed by atoms with Crippen LogP contribution in [-0.2, 0) is 25.4 Å². The number of allylic oxidation sites excluding steroid dienone is 1. The quantitative estimate of drug-likeness (QED) is 0.0948. The van der Waals surface area contributed by atoms with Crippen molar-refractivity contribution in [3.63, 3.8) is 0 Å². The highest BCUT2D eigenvalue weighted by molar-refractivity contribution is 7.82. The van der Waals surface area contributed by atoms with Gasteiger partial charge in [0.25, 0.3) is 0 Å². The Morgan fingerprint density at radius 3 is 2.33 bits per heavy atom. The average molecular weight is 551 g/mol. The van der Waals surface area contributed by atoms with Crippen LogP contribution in [0.3, 0.4) is 0 Å². The topological polar surface area (TPSA) is 109 Å². The number of esters is 1. The van der Waals surface area contributed by atoms with Gasteiger partial charge in [0, 0.05) is 29.2 Å². The number of rotatable bonds is 13. The van der Waals surface area contributed by atoms with Crippen molar-refractivity contribution in [3.8, 4) is 0 Å². The lowest BCUT2D eigenvalue weighted by molar-refractivity contribution is -0.105. The van der Waals surface area contributed by atoms with E-state index in [-0.39, 0.29) is 0 Å². The van der Waals surface area contributed by atoms with Crippen LogP contribution in [0.15, 0.2) is 71.6 Å². The van der Waals surface area contributed by atoms with E-state index in [1.807, 2.05) is 81.4 Å². The molecule has 0 heterocycles. The summed E-state index contributed by atoms with van der Waals surface area (Å²) in [6, 6.07) is 20.4. The molecule has 0 aliphatic heterocycles. The first-order valence-corrected chi connectivity index (χ1v) is 13.4. The van der Waals surface area contributed by atoms with Gasteiger partial charge in [-0.3, -0.25) is 9.63 Å². The predicted octanol–water partition coefficient (Wildman–Crippen LogP) is 4.46. The van der Waals surface area contributed by atoms with E-state index in [0.29, 0.717) is 41.3 Å². The molecule has 0 radical (unpaired) electrons. The maximum atomic E-state index is 12.5. The fourth-order valence-electron chi connectivity index (χ4n) is 3.83. The Morgan fingerprint density at radius 2 is 1.72 bits per heavy atom. The molecular formula is C29H34N4O5S. The lowest BCUT2D eigenvalue weighted by atomic mass is 9.95. The zero-order chi connectivity index (χ0) is 28.4. The van der Waals surface area contributed by atoms with E-state index in [1.165, 1.54) is 7.11 Å². The number of benzene rings is 3. The summed E-state index contributed by atoms with van der Waals surface area (Å²) in [5.41, 5.74) is 5.65. The Kier molecular flexibility index (Phi) is 10.9. The number of aryl methyl sites for hydroxylation is 1. The predicted molar refractivity (Wildman–Crippen MR) is 155 cm³/mol. The molecule has 10 heteroatoms. The van der Waals surface area contributed by atoms with E-state index >= 15 is 0 Å². The molecule has 206 valence electrons. The van der Waals surface area contributed by atoms with Crippen LogP contribution in [0.25, 0.3) is 11.3 Å². The van der Waals surface area contributed by atoms with Crippen LogP contribution in [0.1, 0.15) is 34.0 Å². The van der Waals surface area contributed by atoms with Gasteiger partial charge in [0.1, 0.15) is 11.0 Å². The molecule has 1 unspecified atom stereocenters. The van der Waals surface area contributed by atoms with Crippen molar-refractivity contribution in [3.05, 3.63) is 89.0 Å². The lowest BCUT2D eigenvalue weighted by Gasteiger charge is -2.19. The Morgan fingerprint density at radius 1 is 1.03 bits per heavy atom. The second kappa shape index (κ2) is 14.4. The van der Waals surface area contributed by atoms with Crippen molar-refractivity contribution >= 4 is 46.0 Å². The van der Waals surface area contributed by atoms with Crippen molar-refractivity contribution in [1.82, 2.24) is 9.79 Å². The molecule has 3 N–H and O–H groups in total. The molecule has 0 fully saturated rings. The van der Waals surface area contributed by atoms with Gasteiger partial charge in [-0.15, -0.1) is 4.89 Å². The van der Waals surface area contributed by atoms with Crippen molar-refractivity contribution in [2.24, 2.45) is 0 Å². The van der Waals surface area contributed by atoms with E-state index < -0.39 is 17.0 Å². The van der Waals surface area contributed by atoms with Gasteiger partial charge in [0.05, 0.1) is 24.2 Å². The summed E-state index contributed by atoms with van der Waals surface area (Å²) in [5, 5.41) is 6.19. The summed E-state index contributed by atoms with van der Waals surface area (Å²) in [5.74, 6) is -0.480. The van der Waals surface area contributed by atoms with Gasteiger partial charge >= 0.3 is 5.97 Å². The number of nitrogens with zero attached hydrogens (tertiary/aromatic N) is 1. The van der Waals surface area contributed by atoms with Crippen molar-refractivity contribution in [2.75, 3.05) is 45.0 Å². The van der Waals surface area contributed by atoms with Gasteiger partial charge in [0.2, 0.25) is 6.41 Å². The molecule has 0 saturated heterocycles. The third kappa shape index (κ3) is 8.08. The number of anilines is 2. The largest absolute Gasteiger partial charge is 0.465 e. The van der Waals surface area contributed by atoms with E-state index in [2.05, 4.69) is 15.5 Å². The summed E-state index contributed by atoms with van der Waals surface area (Å²) in [6.07, 6.45) is 0.579. The highest BCUT2D eigenvalue weighted by Crippen LogP contribution is 2.34. The van der Waals surface area contributed by atoms with Gasteiger partial charge < -0.3 is 20.3 Å². The first-order chi connectivity index (χ1) is 18.7. The molecule has 9 nitrogen and oxygen atoms in total. The number of carbonyl (C=O) groups is 2. The molecule has 0 bridgehead atoms. The SMILES string of the molecule is COC(=O)c1cc(NC=O)c(/C(C)=C(/Nc2ccc(S(=O)NOCCN(C)C)cc2)c2ccccc2)cc1C. The minimum atomic E-state index is -1.52. The molecule has 0 aliphatic rings. The minimum absolute atomic E-state index is 0.371. The number of carbonyl (C=O) groups excluding carboxylic acids is 2. The van der Waals surface area contributed by atoms with Crippen LogP contribution in [0, 0.1) is 6.92 Å². The summed E-state index contributed by atoms with van der Waals surface area (Å²) in [6.45, 7) is 4.87. The molecule has 3 rings (SSSR count). The Hall–Kier alpha value is -3.83. The number of likely N-dealkylation sites (N-methyl/N-ethyl adjacent to an activating group) is 1. The van der Waals surface area contributed by atoms with E-state index in [1.54, 1.807) is 18.2 Å². The van der Waals surface area contributed by atoms with Crippen LogP contribution in [0.4, 0.5) is 11.4 Å². The van der Waals surface area contributed by atoms with Gasteiger partial charge in [-0.1, -0.05) is 30.3 Å².